The van der Waals surface area contributed by atoms with Gasteiger partial charge in [-0.15, -0.1) is 0 Å². The van der Waals surface area contributed by atoms with Crippen LogP contribution >= 0.6 is 0 Å². The van der Waals surface area contributed by atoms with Crippen LogP contribution in [0, 0.1) is 12.7 Å². The lowest BCUT2D eigenvalue weighted by molar-refractivity contribution is 0.630. The van der Waals surface area contributed by atoms with Gasteiger partial charge in [-0.2, -0.15) is 0 Å². The van der Waals surface area contributed by atoms with Crippen LogP contribution in [0.3, 0.4) is 0 Å². The van der Waals surface area contributed by atoms with Crippen molar-refractivity contribution in [3.63, 3.8) is 0 Å². The summed E-state index contributed by atoms with van der Waals surface area (Å²) < 4.78 is 14.2. The molecule has 0 spiro atoms. The van der Waals surface area contributed by atoms with Gasteiger partial charge in [0.2, 0.25) is 0 Å². The molecule has 0 aliphatic heterocycles. The highest BCUT2D eigenvalue weighted by Crippen LogP contribution is 2.34. The van der Waals surface area contributed by atoms with Crippen LogP contribution in [0.1, 0.15) is 5.56 Å². The van der Waals surface area contributed by atoms with Crippen molar-refractivity contribution in [1.82, 2.24) is 4.98 Å². The van der Waals surface area contributed by atoms with Crippen molar-refractivity contribution in [2.45, 2.75) is 6.92 Å². The molecule has 21 heavy (non-hydrogen) atoms. The van der Waals surface area contributed by atoms with Crippen molar-refractivity contribution in [2.75, 3.05) is 18.1 Å². The van der Waals surface area contributed by atoms with E-state index in [1.165, 1.54) is 6.07 Å². The second-order valence-electron chi connectivity index (χ2n) is 5.04. The lowest BCUT2D eigenvalue weighted by atomic mass is 9.97. The van der Waals surface area contributed by atoms with Gasteiger partial charge in [-0.05, 0) is 42.3 Å². The third kappa shape index (κ3) is 2.29. The first kappa shape index (κ1) is 13.4. The first-order valence-electron chi connectivity index (χ1n) is 6.72. The van der Waals surface area contributed by atoms with Crippen LogP contribution in [-0.4, -0.2) is 12.0 Å². The number of anilines is 2. The van der Waals surface area contributed by atoms with Gasteiger partial charge < -0.3 is 11.1 Å². The molecule has 0 amide bonds. The summed E-state index contributed by atoms with van der Waals surface area (Å²) in [6.07, 6.45) is 1.71. The Morgan fingerprint density at radius 1 is 1.19 bits per heavy atom. The van der Waals surface area contributed by atoms with Crippen LogP contribution in [-0.2, 0) is 0 Å². The second kappa shape index (κ2) is 5.05. The molecule has 3 aromatic rings. The Morgan fingerprint density at radius 2 is 2.00 bits per heavy atom. The number of pyridine rings is 1. The van der Waals surface area contributed by atoms with E-state index in [9.17, 15) is 4.39 Å². The number of nitrogens with two attached hydrogens (primary N) is 1. The van der Waals surface area contributed by atoms with Crippen LogP contribution in [0.5, 0.6) is 0 Å². The van der Waals surface area contributed by atoms with Gasteiger partial charge in [0.1, 0.15) is 11.6 Å². The molecule has 1 heterocycles. The minimum atomic E-state index is -0.222. The van der Waals surface area contributed by atoms with E-state index in [-0.39, 0.29) is 5.82 Å². The molecule has 106 valence electrons. The van der Waals surface area contributed by atoms with E-state index in [1.807, 2.05) is 38.2 Å². The van der Waals surface area contributed by atoms with Crippen molar-refractivity contribution >= 4 is 22.3 Å². The topological polar surface area (TPSA) is 50.9 Å². The number of benzene rings is 2. The number of nitrogen functional groups attached to an aromatic ring is 1. The number of aromatic nitrogens is 1. The van der Waals surface area contributed by atoms with Crippen LogP contribution in [0.2, 0.25) is 0 Å². The molecule has 3 rings (SSSR count). The highest BCUT2D eigenvalue weighted by molar-refractivity contribution is 5.98. The van der Waals surface area contributed by atoms with Gasteiger partial charge in [-0.25, -0.2) is 9.37 Å². The fourth-order valence-electron chi connectivity index (χ4n) is 2.62. The van der Waals surface area contributed by atoms with E-state index in [2.05, 4.69) is 10.3 Å². The average Bonchev–Trinajstić information content (AvgIpc) is 2.46. The standard InChI is InChI=1S/C17H16FN3/c1-10-4-3-5-14(18)17(10)11-6-12-9-21-16(19)8-13(12)15(7-11)20-2/h3-9,20H,1-2H3,(H2,19,21). The maximum Gasteiger partial charge on any atom is 0.131 e. The van der Waals surface area contributed by atoms with E-state index < -0.39 is 0 Å². The maximum absolute atomic E-state index is 14.2. The van der Waals surface area contributed by atoms with E-state index in [0.717, 1.165) is 27.6 Å². The molecule has 0 aliphatic carbocycles. The van der Waals surface area contributed by atoms with E-state index in [0.29, 0.717) is 11.4 Å². The predicted molar refractivity (Wildman–Crippen MR) is 85.8 cm³/mol. The molecule has 0 atom stereocenters. The summed E-state index contributed by atoms with van der Waals surface area (Å²) in [5.74, 6) is 0.244. The summed E-state index contributed by atoms with van der Waals surface area (Å²) >= 11 is 0. The number of aryl methyl sites for hydroxylation is 1. The monoisotopic (exact) mass is 281 g/mol. The Hall–Kier alpha value is -2.62. The van der Waals surface area contributed by atoms with Gasteiger partial charge in [0.25, 0.3) is 0 Å². The van der Waals surface area contributed by atoms with Gasteiger partial charge in [0.15, 0.2) is 0 Å². The van der Waals surface area contributed by atoms with Gasteiger partial charge in [0.05, 0.1) is 0 Å². The summed E-state index contributed by atoms with van der Waals surface area (Å²) in [4.78, 5) is 4.12. The number of nitrogens with one attached hydrogen (secondary N) is 1. The zero-order valence-corrected chi connectivity index (χ0v) is 11.9. The summed E-state index contributed by atoms with van der Waals surface area (Å²) in [6, 6.07) is 10.8. The minimum Gasteiger partial charge on any atom is -0.388 e. The first-order chi connectivity index (χ1) is 10.1. The van der Waals surface area contributed by atoms with E-state index >= 15 is 0 Å². The molecule has 0 aliphatic rings. The summed E-state index contributed by atoms with van der Waals surface area (Å²) in [7, 11) is 1.84. The highest BCUT2D eigenvalue weighted by atomic mass is 19.1. The molecule has 0 saturated carbocycles. The molecule has 0 unspecified atom stereocenters. The Balaban J connectivity index is 2.32. The van der Waals surface area contributed by atoms with E-state index in [1.54, 1.807) is 12.3 Å². The van der Waals surface area contributed by atoms with Crippen LogP contribution in [0.15, 0.2) is 42.6 Å². The van der Waals surface area contributed by atoms with Gasteiger partial charge in [-0.3, -0.25) is 0 Å². The van der Waals surface area contributed by atoms with Crippen LogP contribution < -0.4 is 11.1 Å². The molecule has 0 fully saturated rings. The number of hydrogen-bond acceptors (Lipinski definition) is 3. The maximum atomic E-state index is 14.2. The third-order valence-electron chi connectivity index (χ3n) is 3.64. The molecule has 0 bridgehead atoms. The fraction of sp³-hybridized carbons (Fsp3) is 0.118. The number of fused-ring (bicyclic) bond motifs is 1. The number of rotatable bonds is 2. The van der Waals surface area contributed by atoms with E-state index in [4.69, 9.17) is 5.73 Å². The average molecular weight is 281 g/mol. The second-order valence-corrected chi connectivity index (χ2v) is 5.04. The SMILES string of the molecule is CNc1cc(-c2c(C)cccc2F)cc2cnc(N)cc12. The molecule has 0 radical (unpaired) electrons. The third-order valence-corrected chi connectivity index (χ3v) is 3.64. The van der Waals surface area contributed by atoms with Crippen molar-refractivity contribution in [2.24, 2.45) is 0 Å². The molecular weight excluding hydrogens is 265 g/mol. The Kier molecular flexibility index (Phi) is 3.22. The molecule has 3 N–H and O–H groups in total. The lowest BCUT2D eigenvalue weighted by Gasteiger charge is -2.13. The quantitative estimate of drug-likeness (QED) is 0.747. The van der Waals surface area contributed by atoms with Crippen molar-refractivity contribution in [1.29, 1.82) is 0 Å². The highest BCUT2D eigenvalue weighted by Gasteiger charge is 2.11. The Labute approximate surface area is 122 Å². The molecule has 3 nitrogen and oxygen atoms in total. The lowest BCUT2D eigenvalue weighted by Crippen LogP contribution is -1.96. The van der Waals surface area contributed by atoms with Crippen molar-refractivity contribution in [3.8, 4) is 11.1 Å². The van der Waals surface area contributed by atoms with Gasteiger partial charge >= 0.3 is 0 Å². The fourth-order valence-corrected chi connectivity index (χ4v) is 2.62. The summed E-state index contributed by atoms with van der Waals surface area (Å²) in [5.41, 5.74) is 9.00. The zero-order valence-electron chi connectivity index (χ0n) is 11.9. The molecule has 1 aromatic heterocycles. The number of nitrogens with zero attached hydrogens (tertiary/aromatic N) is 1. The van der Waals surface area contributed by atoms with Crippen LogP contribution in [0.25, 0.3) is 21.9 Å². The van der Waals surface area contributed by atoms with Crippen LogP contribution in [0.4, 0.5) is 15.9 Å². The van der Waals surface area contributed by atoms with Crippen molar-refractivity contribution < 1.29 is 4.39 Å². The Morgan fingerprint density at radius 3 is 2.71 bits per heavy atom. The largest absolute Gasteiger partial charge is 0.388 e. The predicted octanol–water partition coefficient (Wildman–Crippen LogP) is 3.97. The normalized spacial score (nSPS) is 10.8. The van der Waals surface area contributed by atoms with Gasteiger partial charge in [0, 0.05) is 35.3 Å². The summed E-state index contributed by atoms with van der Waals surface area (Å²) in [6.45, 7) is 1.91. The Bertz CT molecular complexity index is 807. The molecule has 0 saturated heterocycles. The number of hydrogen-bond donors (Lipinski definition) is 2. The molecular formula is C17H16FN3. The zero-order chi connectivity index (χ0) is 15.0. The molecule has 4 heteroatoms. The summed E-state index contributed by atoms with van der Waals surface area (Å²) in [5, 5.41) is 5.04. The van der Waals surface area contributed by atoms with Crippen molar-refractivity contribution in [3.05, 3.63) is 54.0 Å². The molecule has 2 aromatic carbocycles. The number of halogens is 1. The smallest absolute Gasteiger partial charge is 0.131 e. The first-order valence-corrected chi connectivity index (χ1v) is 6.72. The van der Waals surface area contributed by atoms with Gasteiger partial charge in [-0.1, -0.05) is 12.1 Å². The minimum absolute atomic E-state index is 0.222.